The van der Waals surface area contributed by atoms with Crippen LogP contribution < -0.4 is 15.6 Å². The van der Waals surface area contributed by atoms with E-state index in [0.29, 0.717) is 22.4 Å². The lowest BCUT2D eigenvalue weighted by atomic mass is 9.45. The van der Waals surface area contributed by atoms with Crippen molar-refractivity contribution in [1.29, 1.82) is 0 Å². The predicted molar refractivity (Wildman–Crippen MR) is 89.3 cm³/mol. The molecule has 0 saturated heterocycles. The molecule has 0 radical (unpaired) electrons. The van der Waals surface area contributed by atoms with Gasteiger partial charge in [-0.1, -0.05) is 20.8 Å². The zero-order chi connectivity index (χ0) is 19.2. The molecule has 0 aromatic carbocycles. The second-order valence-corrected chi connectivity index (χ2v) is 7.83. The summed E-state index contributed by atoms with van der Waals surface area (Å²) in [5, 5.41) is 15.7. The van der Waals surface area contributed by atoms with Gasteiger partial charge in [0, 0.05) is 6.04 Å². The number of aliphatic carboxylic acids is 1. The number of nitrogens with one attached hydrogen (secondary N) is 1. The van der Waals surface area contributed by atoms with Gasteiger partial charge in [-0.2, -0.15) is 13.9 Å². The third kappa shape index (κ3) is 3.14. The molecule has 4 atom stereocenters. The molecule has 2 N–H and O–H groups in total. The third-order valence-corrected chi connectivity index (χ3v) is 6.19. The highest BCUT2D eigenvalue weighted by Gasteiger charge is 2.56. The van der Waals surface area contributed by atoms with E-state index in [2.05, 4.69) is 35.9 Å². The number of fused-ring (bicyclic) bond motifs is 2. The number of carboxylic acid groups (broad SMARTS) is 1. The molecule has 1 aromatic heterocycles. The molecular formula is C17H23F2N3O4. The molecular weight excluding hydrogens is 348 g/mol. The first-order chi connectivity index (χ1) is 12.1. The number of halogens is 2. The van der Waals surface area contributed by atoms with Gasteiger partial charge in [0.1, 0.15) is 12.2 Å². The number of carbonyl (C=O) groups is 1. The SMILES string of the molecule is C[C@H]1C(Nc2cnn(CC(=O)O)c(=O)c2OC(F)F)C[C@H]2C[C@@H]1C2(C)C. The second kappa shape index (κ2) is 6.51. The van der Waals surface area contributed by atoms with Gasteiger partial charge >= 0.3 is 18.1 Å². The van der Waals surface area contributed by atoms with Crippen LogP contribution in [-0.2, 0) is 11.3 Å². The van der Waals surface area contributed by atoms with Crippen molar-refractivity contribution in [2.75, 3.05) is 5.32 Å². The van der Waals surface area contributed by atoms with E-state index in [0.717, 1.165) is 12.8 Å². The van der Waals surface area contributed by atoms with Crippen LogP contribution in [0, 0.1) is 23.2 Å². The Labute approximate surface area is 149 Å². The number of nitrogens with zero attached hydrogens (tertiary/aromatic N) is 2. The average Bonchev–Trinajstić information content (AvgIpc) is 2.53. The fraction of sp³-hybridized carbons (Fsp3) is 0.706. The number of ether oxygens (including phenoxy) is 1. The lowest BCUT2D eigenvalue weighted by Crippen LogP contribution is -2.58. The Morgan fingerprint density at radius 1 is 1.50 bits per heavy atom. The van der Waals surface area contributed by atoms with Crippen LogP contribution in [0.1, 0.15) is 33.6 Å². The number of aromatic nitrogens is 2. The molecule has 9 heteroatoms. The zero-order valence-electron chi connectivity index (χ0n) is 14.9. The van der Waals surface area contributed by atoms with Crippen molar-refractivity contribution >= 4 is 11.7 Å². The lowest BCUT2D eigenvalue weighted by Gasteiger charge is -2.62. The van der Waals surface area contributed by atoms with Crippen molar-refractivity contribution < 1.29 is 23.4 Å². The maximum absolute atomic E-state index is 12.8. The molecule has 3 aliphatic rings. The maximum Gasteiger partial charge on any atom is 0.387 e. The number of rotatable bonds is 6. The first-order valence-electron chi connectivity index (χ1n) is 8.64. The molecule has 3 aliphatic carbocycles. The quantitative estimate of drug-likeness (QED) is 0.798. The Morgan fingerprint density at radius 3 is 2.73 bits per heavy atom. The van der Waals surface area contributed by atoms with Crippen LogP contribution in [-0.4, -0.2) is 33.5 Å². The average molecular weight is 371 g/mol. The van der Waals surface area contributed by atoms with Gasteiger partial charge in [-0.05, 0) is 36.0 Å². The van der Waals surface area contributed by atoms with Gasteiger partial charge in [0.15, 0.2) is 0 Å². The van der Waals surface area contributed by atoms with Gasteiger partial charge in [0.2, 0.25) is 5.75 Å². The Morgan fingerprint density at radius 2 is 2.19 bits per heavy atom. The van der Waals surface area contributed by atoms with E-state index in [1.165, 1.54) is 6.20 Å². The van der Waals surface area contributed by atoms with Crippen LogP contribution >= 0.6 is 0 Å². The molecule has 7 nitrogen and oxygen atoms in total. The molecule has 1 aromatic rings. The summed E-state index contributed by atoms with van der Waals surface area (Å²) in [5.74, 6) is -0.524. The smallest absolute Gasteiger partial charge is 0.387 e. The van der Waals surface area contributed by atoms with Crippen LogP contribution in [0.3, 0.4) is 0 Å². The van der Waals surface area contributed by atoms with E-state index < -0.39 is 30.4 Å². The monoisotopic (exact) mass is 371 g/mol. The molecule has 2 bridgehead atoms. The van der Waals surface area contributed by atoms with Crippen LogP contribution in [0.25, 0.3) is 0 Å². The summed E-state index contributed by atoms with van der Waals surface area (Å²) in [4.78, 5) is 23.1. The standard InChI is InChI=1S/C17H23F2N3O4/c1-8-10-4-9(17(10,2)3)5-11(8)21-12-6-20-22(7-13(23)24)15(25)14(12)26-16(18)19/h6,8-11,16,21H,4-5,7H2,1-3H3,(H,23,24)/t8-,9-,10+,11?/m1/s1. The Kier molecular flexibility index (Phi) is 4.66. The molecule has 26 heavy (non-hydrogen) atoms. The van der Waals surface area contributed by atoms with Crippen molar-refractivity contribution in [2.24, 2.45) is 23.2 Å². The van der Waals surface area contributed by atoms with Crippen molar-refractivity contribution in [3.63, 3.8) is 0 Å². The minimum Gasteiger partial charge on any atom is -0.480 e. The second-order valence-electron chi connectivity index (χ2n) is 7.83. The summed E-state index contributed by atoms with van der Waals surface area (Å²) in [5.41, 5.74) is -0.650. The van der Waals surface area contributed by atoms with Gasteiger partial charge in [-0.3, -0.25) is 9.59 Å². The summed E-state index contributed by atoms with van der Waals surface area (Å²) < 4.78 is 30.5. The lowest BCUT2D eigenvalue weighted by molar-refractivity contribution is -0.138. The number of anilines is 1. The highest BCUT2D eigenvalue weighted by atomic mass is 19.3. The Balaban J connectivity index is 1.86. The highest BCUT2D eigenvalue weighted by Crippen LogP contribution is 2.61. The van der Waals surface area contributed by atoms with Gasteiger partial charge in [0.05, 0.1) is 6.20 Å². The number of carboxylic acids is 1. The normalized spacial score (nSPS) is 29.2. The van der Waals surface area contributed by atoms with Crippen molar-refractivity contribution in [2.45, 2.75) is 52.8 Å². The molecule has 4 rings (SSSR count). The van der Waals surface area contributed by atoms with Gasteiger partial charge < -0.3 is 15.2 Å². The summed E-state index contributed by atoms with van der Waals surface area (Å²) in [7, 11) is 0. The summed E-state index contributed by atoms with van der Waals surface area (Å²) in [6.07, 6.45) is 3.21. The fourth-order valence-corrected chi connectivity index (χ4v) is 4.56. The van der Waals surface area contributed by atoms with Gasteiger partial charge in [-0.25, -0.2) is 4.68 Å². The van der Waals surface area contributed by atoms with Crippen LogP contribution in [0.2, 0.25) is 0 Å². The molecule has 0 amide bonds. The molecule has 0 spiro atoms. The summed E-state index contributed by atoms with van der Waals surface area (Å²) in [6.45, 7) is 2.69. The van der Waals surface area contributed by atoms with Crippen LogP contribution in [0.15, 0.2) is 11.0 Å². The first-order valence-corrected chi connectivity index (χ1v) is 8.64. The third-order valence-electron chi connectivity index (χ3n) is 6.19. The topological polar surface area (TPSA) is 93.5 Å². The van der Waals surface area contributed by atoms with Crippen molar-refractivity contribution in [3.8, 4) is 5.75 Å². The summed E-state index contributed by atoms with van der Waals surface area (Å²) >= 11 is 0. The maximum atomic E-state index is 12.8. The Hall–Kier alpha value is -2.19. The molecule has 144 valence electrons. The fourth-order valence-electron chi connectivity index (χ4n) is 4.56. The van der Waals surface area contributed by atoms with E-state index in [9.17, 15) is 18.4 Å². The number of hydrogen-bond acceptors (Lipinski definition) is 5. The predicted octanol–water partition coefficient (Wildman–Crippen LogP) is 2.41. The minimum atomic E-state index is -3.19. The summed E-state index contributed by atoms with van der Waals surface area (Å²) in [6, 6.07) is 0.0170. The van der Waals surface area contributed by atoms with Crippen LogP contribution in [0.4, 0.5) is 14.5 Å². The molecule has 1 heterocycles. The number of hydrogen-bond donors (Lipinski definition) is 2. The van der Waals surface area contributed by atoms with Crippen molar-refractivity contribution in [1.82, 2.24) is 9.78 Å². The largest absolute Gasteiger partial charge is 0.480 e. The van der Waals surface area contributed by atoms with E-state index >= 15 is 0 Å². The van der Waals surface area contributed by atoms with E-state index in [1.54, 1.807) is 0 Å². The van der Waals surface area contributed by atoms with Crippen molar-refractivity contribution in [3.05, 3.63) is 16.6 Å². The molecule has 0 aliphatic heterocycles. The number of alkyl halides is 2. The van der Waals surface area contributed by atoms with Gasteiger partial charge in [-0.15, -0.1) is 0 Å². The van der Waals surface area contributed by atoms with E-state index in [1.807, 2.05) is 0 Å². The Bertz CT molecular complexity index is 765. The van der Waals surface area contributed by atoms with E-state index in [-0.39, 0.29) is 17.1 Å². The molecule has 3 fully saturated rings. The highest BCUT2D eigenvalue weighted by molar-refractivity contribution is 5.66. The molecule has 3 saturated carbocycles. The zero-order valence-corrected chi connectivity index (χ0v) is 14.9. The van der Waals surface area contributed by atoms with E-state index in [4.69, 9.17) is 5.11 Å². The first kappa shape index (κ1) is 18.6. The van der Waals surface area contributed by atoms with Gasteiger partial charge in [0.25, 0.3) is 0 Å². The molecule has 1 unspecified atom stereocenters. The minimum absolute atomic E-state index is 0.0170. The van der Waals surface area contributed by atoms with Crippen LogP contribution in [0.5, 0.6) is 5.75 Å².